The summed E-state index contributed by atoms with van der Waals surface area (Å²) < 4.78 is 0. The van der Waals surface area contributed by atoms with Crippen molar-refractivity contribution >= 4 is 0 Å². The first-order valence-corrected chi connectivity index (χ1v) is 7.67. The molecule has 0 aliphatic heterocycles. The highest BCUT2D eigenvalue weighted by atomic mass is 14.9. The van der Waals surface area contributed by atoms with E-state index in [-0.39, 0.29) is 0 Å². The molecule has 0 bridgehead atoms. The van der Waals surface area contributed by atoms with Crippen molar-refractivity contribution < 1.29 is 0 Å². The molecule has 0 saturated carbocycles. The zero-order chi connectivity index (χ0) is 13.3. The summed E-state index contributed by atoms with van der Waals surface area (Å²) in [5, 5.41) is 0. The number of nitrogens with one attached hydrogen (secondary N) is 1. The third-order valence-electron chi connectivity index (χ3n) is 3.94. The van der Waals surface area contributed by atoms with Crippen LogP contribution >= 0.6 is 0 Å². The second-order valence-electron chi connectivity index (χ2n) is 5.98. The monoisotopic (exact) mass is 250 g/mol. The number of nitrogens with zero attached hydrogens (tertiary/aromatic N) is 1. The Labute approximate surface area is 113 Å². The first kappa shape index (κ1) is 15.3. The molecular weight excluding hydrogens is 220 g/mol. The van der Waals surface area contributed by atoms with Gasteiger partial charge in [0.1, 0.15) is 0 Å². The van der Waals surface area contributed by atoms with Gasteiger partial charge in [0.05, 0.1) is 6.33 Å². The van der Waals surface area contributed by atoms with Crippen LogP contribution in [0.1, 0.15) is 77.8 Å². The number of hydrogen-bond acceptors (Lipinski definition) is 1. The maximum Gasteiger partial charge on any atom is 0.0921 e. The minimum absolute atomic E-state index is 0.455. The molecule has 0 aliphatic rings. The lowest BCUT2D eigenvalue weighted by Crippen LogP contribution is -2.20. The topological polar surface area (TPSA) is 28.7 Å². The van der Waals surface area contributed by atoms with Gasteiger partial charge in [-0.1, -0.05) is 59.3 Å². The zero-order valence-corrected chi connectivity index (χ0v) is 12.5. The highest BCUT2D eigenvalue weighted by molar-refractivity contribution is 4.99. The van der Waals surface area contributed by atoms with Gasteiger partial charge in [-0.15, -0.1) is 0 Å². The third kappa shape index (κ3) is 5.70. The van der Waals surface area contributed by atoms with Gasteiger partial charge in [0.25, 0.3) is 0 Å². The lowest BCUT2D eigenvalue weighted by atomic mass is 9.76. The van der Waals surface area contributed by atoms with Gasteiger partial charge in [-0.2, -0.15) is 0 Å². The van der Waals surface area contributed by atoms with Gasteiger partial charge in [-0.05, 0) is 24.7 Å². The first-order valence-electron chi connectivity index (χ1n) is 7.67. The molecule has 2 heteroatoms. The Morgan fingerprint density at radius 3 is 2.39 bits per heavy atom. The fourth-order valence-corrected chi connectivity index (χ4v) is 2.73. The van der Waals surface area contributed by atoms with Gasteiger partial charge in [0.15, 0.2) is 0 Å². The average molecular weight is 250 g/mol. The van der Waals surface area contributed by atoms with Crippen LogP contribution < -0.4 is 0 Å². The average Bonchev–Trinajstić information content (AvgIpc) is 2.85. The lowest BCUT2D eigenvalue weighted by Gasteiger charge is -2.29. The molecule has 1 aromatic rings. The fraction of sp³-hybridized carbons (Fsp3) is 0.812. The van der Waals surface area contributed by atoms with E-state index in [0.29, 0.717) is 5.41 Å². The Morgan fingerprint density at radius 1 is 1.06 bits per heavy atom. The highest BCUT2D eigenvalue weighted by Gasteiger charge is 2.24. The van der Waals surface area contributed by atoms with Crippen LogP contribution in [0.15, 0.2) is 12.5 Å². The number of rotatable bonds is 10. The second-order valence-corrected chi connectivity index (χ2v) is 5.98. The van der Waals surface area contributed by atoms with Gasteiger partial charge in [0, 0.05) is 11.9 Å². The van der Waals surface area contributed by atoms with Crippen molar-refractivity contribution in [3.63, 3.8) is 0 Å². The van der Waals surface area contributed by atoms with Crippen molar-refractivity contribution in [2.24, 2.45) is 5.41 Å². The number of H-pyrrole nitrogens is 1. The van der Waals surface area contributed by atoms with E-state index in [2.05, 4.69) is 30.7 Å². The number of unbranched alkanes of at least 4 members (excludes halogenated alkanes) is 4. The van der Waals surface area contributed by atoms with Crippen LogP contribution in [0.2, 0.25) is 0 Å². The van der Waals surface area contributed by atoms with Gasteiger partial charge < -0.3 is 4.98 Å². The van der Waals surface area contributed by atoms with Crippen LogP contribution in [0.25, 0.3) is 0 Å². The molecular formula is C16H30N2. The SMILES string of the molecule is CCCCCCC(C)(CCCC)Cc1cnc[nH]1. The summed E-state index contributed by atoms with van der Waals surface area (Å²) >= 11 is 0. The van der Waals surface area contributed by atoms with Crippen LogP contribution in [-0.2, 0) is 6.42 Å². The molecule has 0 aromatic carbocycles. The van der Waals surface area contributed by atoms with Gasteiger partial charge in [-0.25, -0.2) is 4.98 Å². The van der Waals surface area contributed by atoms with Crippen LogP contribution in [0.3, 0.4) is 0 Å². The van der Waals surface area contributed by atoms with Crippen molar-refractivity contribution in [3.8, 4) is 0 Å². The van der Waals surface area contributed by atoms with E-state index in [4.69, 9.17) is 0 Å². The smallest absolute Gasteiger partial charge is 0.0921 e. The van der Waals surface area contributed by atoms with Gasteiger partial charge in [0.2, 0.25) is 0 Å². The molecule has 0 spiro atoms. The zero-order valence-electron chi connectivity index (χ0n) is 12.5. The van der Waals surface area contributed by atoms with Crippen molar-refractivity contribution in [3.05, 3.63) is 18.2 Å². The Balaban J connectivity index is 2.45. The molecule has 0 aliphatic carbocycles. The van der Waals surface area contributed by atoms with E-state index in [0.717, 1.165) is 6.42 Å². The molecule has 1 atom stereocenters. The Kier molecular flexibility index (Phi) is 7.07. The number of aromatic nitrogens is 2. The highest BCUT2D eigenvalue weighted by Crippen LogP contribution is 2.34. The second kappa shape index (κ2) is 8.34. The Morgan fingerprint density at radius 2 is 1.78 bits per heavy atom. The van der Waals surface area contributed by atoms with Crippen molar-refractivity contribution in [1.82, 2.24) is 9.97 Å². The molecule has 0 fully saturated rings. The summed E-state index contributed by atoms with van der Waals surface area (Å²) in [6.45, 7) is 7.02. The largest absolute Gasteiger partial charge is 0.348 e. The van der Waals surface area contributed by atoms with Crippen LogP contribution in [0.4, 0.5) is 0 Å². The molecule has 1 unspecified atom stereocenters. The third-order valence-corrected chi connectivity index (χ3v) is 3.94. The van der Waals surface area contributed by atoms with E-state index in [9.17, 15) is 0 Å². The Hall–Kier alpha value is -0.790. The molecule has 1 heterocycles. The molecule has 18 heavy (non-hydrogen) atoms. The first-order chi connectivity index (χ1) is 8.70. The van der Waals surface area contributed by atoms with E-state index in [1.807, 2.05) is 6.20 Å². The maximum absolute atomic E-state index is 4.14. The Bertz CT molecular complexity index is 292. The normalized spacial score (nSPS) is 14.6. The summed E-state index contributed by atoms with van der Waals surface area (Å²) in [6.07, 6.45) is 15.7. The number of hydrogen-bond donors (Lipinski definition) is 1. The summed E-state index contributed by atoms with van der Waals surface area (Å²) in [7, 11) is 0. The maximum atomic E-state index is 4.14. The van der Waals surface area contributed by atoms with Gasteiger partial charge >= 0.3 is 0 Å². The molecule has 0 amide bonds. The predicted octanol–water partition coefficient (Wildman–Crippen LogP) is 5.12. The van der Waals surface area contributed by atoms with Crippen molar-refractivity contribution in [2.45, 2.75) is 78.6 Å². The van der Waals surface area contributed by atoms with Crippen molar-refractivity contribution in [2.75, 3.05) is 0 Å². The molecule has 104 valence electrons. The van der Waals surface area contributed by atoms with Gasteiger partial charge in [-0.3, -0.25) is 0 Å². The molecule has 0 radical (unpaired) electrons. The molecule has 1 aromatic heterocycles. The number of aromatic amines is 1. The molecule has 2 nitrogen and oxygen atoms in total. The summed E-state index contributed by atoms with van der Waals surface area (Å²) in [6, 6.07) is 0. The fourth-order valence-electron chi connectivity index (χ4n) is 2.73. The molecule has 1 N–H and O–H groups in total. The van der Waals surface area contributed by atoms with Crippen LogP contribution in [0.5, 0.6) is 0 Å². The molecule has 1 rings (SSSR count). The summed E-state index contributed by atoms with van der Waals surface area (Å²) in [4.78, 5) is 7.40. The minimum Gasteiger partial charge on any atom is -0.348 e. The van der Waals surface area contributed by atoms with E-state index >= 15 is 0 Å². The van der Waals surface area contributed by atoms with Crippen molar-refractivity contribution in [1.29, 1.82) is 0 Å². The lowest BCUT2D eigenvalue weighted by molar-refractivity contribution is 0.249. The van der Waals surface area contributed by atoms with Crippen LogP contribution in [-0.4, -0.2) is 9.97 Å². The predicted molar refractivity (Wildman–Crippen MR) is 78.7 cm³/mol. The molecule has 0 saturated heterocycles. The van der Waals surface area contributed by atoms with Crippen LogP contribution in [0, 0.1) is 5.41 Å². The summed E-state index contributed by atoms with van der Waals surface area (Å²) in [5.41, 5.74) is 1.75. The summed E-state index contributed by atoms with van der Waals surface area (Å²) in [5.74, 6) is 0. The van der Waals surface area contributed by atoms with E-state index in [1.54, 1.807) is 6.33 Å². The standard InChI is InChI=1S/C16H30N2/c1-4-6-8-9-11-16(3,10-7-5-2)12-15-13-17-14-18-15/h13-14H,4-12H2,1-3H3,(H,17,18). The number of imidazole rings is 1. The van der Waals surface area contributed by atoms with E-state index in [1.165, 1.54) is 57.1 Å². The quantitative estimate of drug-likeness (QED) is 0.574. The minimum atomic E-state index is 0.455. The van der Waals surface area contributed by atoms with E-state index < -0.39 is 0 Å².